The standard InChI is InChI=1S/C10H11Cl2FO/c1-10(2,3)7-6(14)4-5(11)8(12)9(7)13/h4,14H,1-3H3. The second-order valence-corrected chi connectivity index (χ2v) is 4.92. The molecule has 1 nitrogen and oxygen atoms in total. The Kier molecular flexibility index (Phi) is 2.98. The van der Waals surface area contributed by atoms with Crippen LogP contribution in [0.25, 0.3) is 0 Å². The molecule has 0 aliphatic heterocycles. The van der Waals surface area contributed by atoms with Gasteiger partial charge >= 0.3 is 0 Å². The Morgan fingerprint density at radius 2 is 1.79 bits per heavy atom. The molecule has 4 heteroatoms. The molecule has 1 aromatic carbocycles. The van der Waals surface area contributed by atoms with E-state index in [4.69, 9.17) is 23.2 Å². The number of hydrogen-bond acceptors (Lipinski definition) is 1. The van der Waals surface area contributed by atoms with E-state index in [0.717, 1.165) is 0 Å². The molecule has 0 saturated carbocycles. The van der Waals surface area contributed by atoms with Crippen molar-refractivity contribution in [3.8, 4) is 5.75 Å². The normalized spacial score (nSPS) is 11.9. The molecule has 0 radical (unpaired) electrons. The van der Waals surface area contributed by atoms with Crippen molar-refractivity contribution in [3.63, 3.8) is 0 Å². The number of benzene rings is 1. The van der Waals surface area contributed by atoms with E-state index in [1.807, 2.05) is 0 Å². The van der Waals surface area contributed by atoms with E-state index in [1.54, 1.807) is 20.8 Å². The Hall–Kier alpha value is -0.470. The highest BCUT2D eigenvalue weighted by atomic mass is 35.5. The lowest BCUT2D eigenvalue weighted by Gasteiger charge is -2.21. The van der Waals surface area contributed by atoms with Crippen molar-refractivity contribution < 1.29 is 9.50 Å². The van der Waals surface area contributed by atoms with Crippen LogP contribution in [-0.4, -0.2) is 5.11 Å². The first-order chi connectivity index (χ1) is 6.25. The molecule has 1 rings (SSSR count). The third-order valence-corrected chi connectivity index (χ3v) is 2.66. The lowest BCUT2D eigenvalue weighted by Crippen LogP contribution is -2.14. The molecule has 0 aromatic heterocycles. The molecule has 1 aromatic rings. The third kappa shape index (κ3) is 1.96. The summed E-state index contributed by atoms with van der Waals surface area (Å²) in [6.07, 6.45) is 0. The molecule has 0 unspecified atom stereocenters. The molecule has 0 saturated heterocycles. The second kappa shape index (κ2) is 3.59. The van der Waals surface area contributed by atoms with E-state index < -0.39 is 11.2 Å². The number of phenols is 1. The number of phenolic OH excluding ortho intramolecular Hbond substituents is 1. The minimum Gasteiger partial charge on any atom is -0.507 e. The zero-order chi connectivity index (χ0) is 11.1. The highest BCUT2D eigenvalue weighted by Gasteiger charge is 2.25. The van der Waals surface area contributed by atoms with Crippen LogP contribution < -0.4 is 0 Å². The van der Waals surface area contributed by atoms with Gasteiger partial charge in [-0.3, -0.25) is 0 Å². The van der Waals surface area contributed by atoms with Crippen molar-refractivity contribution in [3.05, 3.63) is 27.5 Å². The van der Waals surface area contributed by atoms with Gasteiger partial charge in [-0.2, -0.15) is 0 Å². The Bertz CT molecular complexity index is 369. The van der Waals surface area contributed by atoms with Crippen LogP contribution in [0.1, 0.15) is 26.3 Å². The summed E-state index contributed by atoms with van der Waals surface area (Å²) >= 11 is 11.3. The van der Waals surface area contributed by atoms with Gasteiger partial charge in [0.25, 0.3) is 0 Å². The van der Waals surface area contributed by atoms with E-state index in [9.17, 15) is 9.50 Å². The van der Waals surface area contributed by atoms with Gasteiger partial charge in [0.2, 0.25) is 0 Å². The topological polar surface area (TPSA) is 20.2 Å². The fourth-order valence-corrected chi connectivity index (χ4v) is 1.63. The third-order valence-electron chi connectivity index (χ3n) is 1.89. The summed E-state index contributed by atoms with van der Waals surface area (Å²) in [5.74, 6) is -0.812. The van der Waals surface area contributed by atoms with Gasteiger partial charge in [0.1, 0.15) is 5.75 Å². The summed E-state index contributed by atoms with van der Waals surface area (Å²) in [4.78, 5) is 0. The first-order valence-corrected chi connectivity index (χ1v) is 4.87. The van der Waals surface area contributed by atoms with Crippen LogP contribution in [0.15, 0.2) is 6.07 Å². The second-order valence-electron chi connectivity index (χ2n) is 4.13. The molecular weight excluding hydrogens is 226 g/mol. The van der Waals surface area contributed by atoms with Gasteiger partial charge < -0.3 is 5.11 Å². The van der Waals surface area contributed by atoms with Gasteiger partial charge in [0, 0.05) is 11.6 Å². The summed E-state index contributed by atoms with van der Waals surface area (Å²) < 4.78 is 13.6. The fourth-order valence-electron chi connectivity index (χ4n) is 1.30. The Balaban J connectivity index is 3.53. The van der Waals surface area contributed by atoms with Gasteiger partial charge in [-0.25, -0.2) is 4.39 Å². The zero-order valence-corrected chi connectivity index (χ0v) is 9.67. The van der Waals surface area contributed by atoms with Crippen molar-refractivity contribution in [1.29, 1.82) is 0 Å². The first kappa shape index (κ1) is 11.6. The summed E-state index contributed by atoms with van der Waals surface area (Å²) in [5.41, 5.74) is -0.325. The monoisotopic (exact) mass is 236 g/mol. The van der Waals surface area contributed by atoms with Crippen molar-refractivity contribution in [2.45, 2.75) is 26.2 Å². The van der Waals surface area contributed by atoms with Crippen LogP contribution in [0.2, 0.25) is 10.0 Å². The van der Waals surface area contributed by atoms with Gasteiger partial charge in [-0.05, 0) is 5.41 Å². The Morgan fingerprint density at radius 1 is 1.29 bits per heavy atom. The lowest BCUT2D eigenvalue weighted by molar-refractivity contribution is 0.429. The van der Waals surface area contributed by atoms with Gasteiger partial charge in [0.05, 0.1) is 10.0 Å². The molecule has 0 aliphatic rings. The SMILES string of the molecule is CC(C)(C)c1c(O)cc(Cl)c(Cl)c1F. The molecule has 1 N–H and O–H groups in total. The highest BCUT2D eigenvalue weighted by Crippen LogP contribution is 2.39. The molecule has 78 valence electrons. The minimum atomic E-state index is -0.649. The molecule has 0 heterocycles. The molecule has 0 bridgehead atoms. The highest BCUT2D eigenvalue weighted by molar-refractivity contribution is 6.42. The maximum absolute atomic E-state index is 13.6. The number of aromatic hydroxyl groups is 1. The summed E-state index contributed by atoms with van der Waals surface area (Å²) in [5, 5.41) is 9.43. The Morgan fingerprint density at radius 3 is 2.21 bits per heavy atom. The number of rotatable bonds is 0. The summed E-state index contributed by atoms with van der Waals surface area (Å²) in [7, 11) is 0. The molecule has 0 fully saturated rings. The van der Waals surface area contributed by atoms with Crippen molar-refractivity contribution in [1.82, 2.24) is 0 Å². The van der Waals surface area contributed by atoms with Crippen LogP contribution in [0.4, 0.5) is 4.39 Å². The van der Waals surface area contributed by atoms with E-state index in [2.05, 4.69) is 0 Å². The maximum atomic E-state index is 13.6. The van der Waals surface area contributed by atoms with Gasteiger partial charge in [-0.1, -0.05) is 44.0 Å². The van der Waals surface area contributed by atoms with Crippen LogP contribution >= 0.6 is 23.2 Å². The average Bonchev–Trinajstić information content (AvgIpc) is 1.97. The van der Waals surface area contributed by atoms with Crippen molar-refractivity contribution >= 4 is 23.2 Å². The molecule has 0 spiro atoms. The van der Waals surface area contributed by atoms with E-state index in [1.165, 1.54) is 6.07 Å². The maximum Gasteiger partial charge on any atom is 0.150 e. The van der Waals surface area contributed by atoms with Crippen LogP contribution in [0, 0.1) is 5.82 Å². The van der Waals surface area contributed by atoms with Gasteiger partial charge in [-0.15, -0.1) is 0 Å². The largest absolute Gasteiger partial charge is 0.507 e. The summed E-state index contributed by atoms with van der Waals surface area (Å²) in [6, 6.07) is 1.26. The zero-order valence-electron chi connectivity index (χ0n) is 8.16. The molecule has 0 aliphatic carbocycles. The predicted molar refractivity (Wildman–Crippen MR) is 56.8 cm³/mol. The van der Waals surface area contributed by atoms with Crippen LogP contribution in [0.5, 0.6) is 5.75 Å². The molecule has 14 heavy (non-hydrogen) atoms. The molecule has 0 amide bonds. The van der Waals surface area contributed by atoms with Crippen molar-refractivity contribution in [2.24, 2.45) is 0 Å². The first-order valence-electron chi connectivity index (χ1n) is 4.12. The van der Waals surface area contributed by atoms with E-state index in [0.29, 0.717) is 0 Å². The smallest absolute Gasteiger partial charge is 0.150 e. The number of hydrogen-bond donors (Lipinski definition) is 1. The average molecular weight is 237 g/mol. The summed E-state index contributed by atoms with van der Waals surface area (Å²) in [6.45, 7) is 5.36. The van der Waals surface area contributed by atoms with E-state index >= 15 is 0 Å². The molecular formula is C10H11Cl2FO. The van der Waals surface area contributed by atoms with Gasteiger partial charge in [0.15, 0.2) is 5.82 Å². The quantitative estimate of drug-likeness (QED) is 0.672. The van der Waals surface area contributed by atoms with E-state index in [-0.39, 0.29) is 21.4 Å². The fraction of sp³-hybridized carbons (Fsp3) is 0.400. The lowest BCUT2D eigenvalue weighted by atomic mass is 9.86. The predicted octanol–water partition coefficient (Wildman–Crippen LogP) is 4.14. The Labute approximate surface area is 92.5 Å². The molecule has 0 atom stereocenters. The minimum absolute atomic E-state index is 0.0228. The van der Waals surface area contributed by atoms with Crippen molar-refractivity contribution in [2.75, 3.05) is 0 Å². The van der Waals surface area contributed by atoms with Crippen LogP contribution in [-0.2, 0) is 5.41 Å². The number of halogens is 3. The van der Waals surface area contributed by atoms with Crippen LogP contribution in [0.3, 0.4) is 0 Å².